The summed E-state index contributed by atoms with van der Waals surface area (Å²) in [5.41, 5.74) is -0.0875. The number of nitrogens with one attached hydrogen (secondary N) is 1. The number of nitrogens with zero attached hydrogens (tertiary/aromatic N) is 1. The summed E-state index contributed by atoms with van der Waals surface area (Å²) in [5, 5.41) is 8.21. The molecule has 3 N–H and O–H groups in total. The first-order chi connectivity index (χ1) is 10.6. The lowest BCUT2D eigenvalue weighted by Crippen LogP contribution is -2.69. The van der Waals surface area contributed by atoms with Crippen LogP contribution in [-0.2, 0) is 14.8 Å². The summed E-state index contributed by atoms with van der Waals surface area (Å²) in [7, 11) is -1.73. The maximum Gasteiger partial charge on any atom is 0.317 e. The molecule has 1 saturated heterocycles. The molecule has 7 nitrogen and oxygen atoms in total. The van der Waals surface area contributed by atoms with Gasteiger partial charge in [-0.3, -0.25) is 0 Å². The Morgan fingerprint density at radius 1 is 1.35 bits per heavy atom. The Kier molecular flexibility index (Phi) is 5.27. The molecular formula is C15H29N3O4S. The molecule has 134 valence electrons. The molecule has 2 fully saturated rings. The molecule has 2 aliphatic rings. The van der Waals surface area contributed by atoms with Gasteiger partial charge in [-0.2, -0.15) is 0 Å². The molecule has 0 radical (unpaired) electrons. The van der Waals surface area contributed by atoms with Gasteiger partial charge in [0.2, 0.25) is 10.0 Å². The van der Waals surface area contributed by atoms with Gasteiger partial charge in [0.05, 0.1) is 11.9 Å². The highest BCUT2D eigenvalue weighted by Gasteiger charge is 2.55. The normalized spacial score (nSPS) is 31.5. The van der Waals surface area contributed by atoms with E-state index >= 15 is 0 Å². The van der Waals surface area contributed by atoms with Crippen molar-refractivity contribution in [3.63, 3.8) is 0 Å². The number of carbonyl (C=O) groups is 1. The minimum Gasteiger partial charge on any atom is -0.380 e. The minimum absolute atomic E-state index is 0.00463. The molecular weight excluding hydrogens is 318 g/mol. The van der Waals surface area contributed by atoms with E-state index in [4.69, 9.17) is 9.88 Å². The SMILES string of the molecule is COC1C(C)C(NC(=O)N2CCC(CS(N)(=O)=O)CC2)C1(C)C. The molecule has 0 aromatic rings. The summed E-state index contributed by atoms with van der Waals surface area (Å²) >= 11 is 0. The molecule has 0 bridgehead atoms. The van der Waals surface area contributed by atoms with E-state index < -0.39 is 10.0 Å². The van der Waals surface area contributed by atoms with Gasteiger partial charge in [0.1, 0.15) is 0 Å². The standard InChI is InChI=1S/C15H29N3O4S/c1-10-12(15(2,3)13(10)22-4)17-14(19)18-7-5-11(6-8-18)9-23(16,20)21/h10-13H,5-9H2,1-4H3,(H,17,19)(H2,16,20,21). The highest BCUT2D eigenvalue weighted by atomic mass is 32.2. The lowest BCUT2D eigenvalue weighted by Gasteiger charge is -2.56. The quantitative estimate of drug-likeness (QED) is 0.783. The van der Waals surface area contributed by atoms with Crippen molar-refractivity contribution in [2.45, 2.75) is 45.8 Å². The van der Waals surface area contributed by atoms with Crippen LogP contribution in [0.5, 0.6) is 0 Å². The fourth-order valence-corrected chi connectivity index (χ4v) is 5.27. The number of nitrogens with two attached hydrogens (primary N) is 1. The first-order valence-corrected chi connectivity index (χ1v) is 9.86. The number of piperidine rings is 1. The topological polar surface area (TPSA) is 102 Å². The second kappa shape index (κ2) is 6.57. The number of amides is 2. The number of primary sulfonamides is 1. The van der Waals surface area contributed by atoms with Gasteiger partial charge in [0.15, 0.2) is 0 Å². The maximum absolute atomic E-state index is 12.5. The molecule has 3 atom stereocenters. The average molecular weight is 347 g/mol. The third-order valence-electron chi connectivity index (χ3n) is 5.44. The van der Waals surface area contributed by atoms with Crippen molar-refractivity contribution >= 4 is 16.1 Å². The van der Waals surface area contributed by atoms with Gasteiger partial charge in [0, 0.05) is 37.6 Å². The molecule has 1 aliphatic carbocycles. The van der Waals surface area contributed by atoms with Crippen molar-refractivity contribution in [3.05, 3.63) is 0 Å². The van der Waals surface area contributed by atoms with Gasteiger partial charge < -0.3 is 15.0 Å². The number of methoxy groups -OCH3 is 1. The molecule has 23 heavy (non-hydrogen) atoms. The van der Waals surface area contributed by atoms with Crippen LogP contribution in [0.3, 0.4) is 0 Å². The Hall–Kier alpha value is -0.860. The van der Waals surface area contributed by atoms with E-state index in [1.165, 1.54) is 0 Å². The van der Waals surface area contributed by atoms with Crippen LogP contribution < -0.4 is 10.5 Å². The molecule has 1 aliphatic heterocycles. The Labute approximate surface area is 139 Å². The third kappa shape index (κ3) is 3.97. The third-order valence-corrected chi connectivity index (χ3v) is 6.38. The first kappa shape index (κ1) is 18.5. The van der Waals surface area contributed by atoms with E-state index in [1.54, 1.807) is 12.0 Å². The van der Waals surface area contributed by atoms with Crippen LogP contribution in [0.1, 0.15) is 33.6 Å². The monoisotopic (exact) mass is 347 g/mol. The summed E-state index contributed by atoms with van der Waals surface area (Å²) in [6.07, 6.45) is 1.50. The summed E-state index contributed by atoms with van der Waals surface area (Å²) < 4.78 is 27.8. The van der Waals surface area contributed by atoms with E-state index in [0.29, 0.717) is 25.9 Å². The lowest BCUT2D eigenvalue weighted by atomic mass is 9.58. The highest BCUT2D eigenvalue weighted by molar-refractivity contribution is 7.89. The summed E-state index contributed by atoms with van der Waals surface area (Å²) in [6.45, 7) is 7.43. The molecule has 2 rings (SSSR count). The largest absolute Gasteiger partial charge is 0.380 e. The van der Waals surface area contributed by atoms with Crippen LogP contribution in [0.4, 0.5) is 4.79 Å². The zero-order valence-electron chi connectivity index (χ0n) is 14.4. The predicted octanol–water partition coefficient (Wildman–Crippen LogP) is 0.756. The zero-order valence-corrected chi connectivity index (χ0v) is 15.2. The molecule has 1 saturated carbocycles. The minimum atomic E-state index is -3.44. The van der Waals surface area contributed by atoms with Crippen molar-refractivity contribution in [3.8, 4) is 0 Å². The summed E-state index contributed by atoms with van der Waals surface area (Å²) in [4.78, 5) is 14.2. The maximum atomic E-state index is 12.5. The molecule has 1 heterocycles. The molecule has 0 aromatic carbocycles. The highest BCUT2D eigenvalue weighted by Crippen LogP contribution is 2.46. The molecule has 0 aromatic heterocycles. The first-order valence-electron chi connectivity index (χ1n) is 8.15. The number of carbonyl (C=O) groups excluding carboxylic acids is 1. The van der Waals surface area contributed by atoms with Crippen LogP contribution in [0.15, 0.2) is 0 Å². The number of hydrogen-bond donors (Lipinski definition) is 2. The Bertz CT molecular complexity index is 541. The number of urea groups is 1. The summed E-state index contributed by atoms with van der Waals surface area (Å²) in [6, 6.07) is 0.0145. The van der Waals surface area contributed by atoms with E-state index in [-0.39, 0.29) is 41.2 Å². The Morgan fingerprint density at radius 3 is 2.35 bits per heavy atom. The van der Waals surface area contributed by atoms with Crippen molar-refractivity contribution in [2.24, 2.45) is 22.4 Å². The van der Waals surface area contributed by atoms with Crippen LogP contribution in [0.25, 0.3) is 0 Å². The zero-order chi connectivity index (χ0) is 17.4. The van der Waals surface area contributed by atoms with E-state index in [1.807, 2.05) is 0 Å². The van der Waals surface area contributed by atoms with Gasteiger partial charge in [-0.05, 0) is 18.8 Å². The van der Waals surface area contributed by atoms with Crippen LogP contribution in [0.2, 0.25) is 0 Å². The van der Waals surface area contributed by atoms with Crippen molar-refractivity contribution in [2.75, 3.05) is 26.0 Å². The van der Waals surface area contributed by atoms with Crippen LogP contribution >= 0.6 is 0 Å². The van der Waals surface area contributed by atoms with Gasteiger partial charge in [-0.15, -0.1) is 0 Å². The predicted molar refractivity (Wildman–Crippen MR) is 88.3 cm³/mol. The fourth-order valence-electron chi connectivity index (χ4n) is 4.28. The number of sulfonamides is 1. The molecule has 3 unspecified atom stereocenters. The van der Waals surface area contributed by atoms with Crippen LogP contribution in [0, 0.1) is 17.3 Å². The van der Waals surface area contributed by atoms with E-state index in [0.717, 1.165) is 0 Å². The number of likely N-dealkylation sites (tertiary alicyclic amines) is 1. The van der Waals surface area contributed by atoms with Gasteiger partial charge in [-0.1, -0.05) is 20.8 Å². The lowest BCUT2D eigenvalue weighted by molar-refractivity contribution is -0.141. The summed E-state index contributed by atoms with van der Waals surface area (Å²) in [5.74, 6) is 0.329. The Balaban J connectivity index is 1.84. The van der Waals surface area contributed by atoms with E-state index in [9.17, 15) is 13.2 Å². The molecule has 0 spiro atoms. The molecule has 8 heteroatoms. The van der Waals surface area contributed by atoms with Gasteiger partial charge in [0.25, 0.3) is 0 Å². The number of hydrogen-bond acceptors (Lipinski definition) is 4. The fraction of sp³-hybridized carbons (Fsp3) is 0.933. The van der Waals surface area contributed by atoms with Crippen molar-refractivity contribution in [1.82, 2.24) is 10.2 Å². The Morgan fingerprint density at radius 2 is 1.91 bits per heavy atom. The van der Waals surface area contributed by atoms with Gasteiger partial charge >= 0.3 is 6.03 Å². The van der Waals surface area contributed by atoms with Crippen molar-refractivity contribution < 1.29 is 17.9 Å². The number of ether oxygens (including phenoxy) is 1. The smallest absolute Gasteiger partial charge is 0.317 e. The second-order valence-electron chi connectivity index (χ2n) is 7.52. The van der Waals surface area contributed by atoms with Crippen LogP contribution in [-0.4, -0.2) is 57.4 Å². The molecule has 2 amide bonds. The number of rotatable bonds is 4. The van der Waals surface area contributed by atoms with Gasteiger partial charge in [-0.25, -0.2) is 18.4 Å². The second-order valence-corrected chi connectivity index (χ2v) is 9.18. The average Bonchev–Trinajstić information content (AvgIpc) is 2.43. The van der Waals surface area contributed by atoms with E-state index in [2.05, 4.69) is 26.1 Å². The van der Waals surface area contributed by atoms with Crippen molar-refractivity contribution in [1.29, 1.82) is 0 Å².